The van der Waals surface area contributed by atoms with Crippen molar-refractivity contribution in [2.75, 3.05) is 12.9 Å². The molecule has 2 aliphatic rings. The van der Waals surface area contributed by atoms with Gasteiger partial charge in [0.05, 0.1) is 19.5 Å². The molecule has 178 valence electrons. The molecule has 6 atom stereocenters. The first-order chi connectivity index (χ1) is 15.0. The van der Waals surface area contributed by atoms with Gasteiger partial charge in [0.25, 0.3) is 16.1 Å². The number of hydrogen-bond acceptors (Lipinski definition) is 11. The van der Waals surface area contributed by atoms with Crippen LogP contribution < -0.4 is 0 Å². The van der Waals surface area contributed by atoms with Crippen LogP contribution in [-0.4, -0.2) is 69.9 Å². The zero-order valence-electron chi connectivity index (χ0n) is 18.1. The van der Waals surface area contributed by atoms with Crippen LogP contribution in [0.4, 0.5) is 0 Å². The molecular weight excluding hydrogens is 448 g/mol. The Bertz CT molecular complexity index is 919. The van der Waals surface area contributed by atoms with Gasteiger partial charge in [-0.15, -0.1) is 0 Å². The lowest BCUT2D eigenvalue weighted by Crippen LogP contribution is -2.60. The van der Waals surface area contributed by atoms with E-state index in [0.717, 1.165) is 18.7 Å². The molecular formula is C20H26O11S. The highest BCUT2D eigenvalue weighted by Crippen LogP contribution is 2.40. The van der Waals surface area contributed by atoms with Gasteiger partial charge in [-0.05, 0) is 5.56 Å². The number of benzene rings is 1. The number of carbonyl (C=O) groups is 2. The Kier molecular flexibility index (Phi) is 7.53. The van der Waals surface area contributed by atoms with Crippen molar-refractivity contribution in [3.63, 3.8) is 0 Å². The normalized spacial score (nSPS) is 32.2. The summed E-state index contributed by atoms with van der Waals surface area (Å²) in [5, 5.41) is 0. The SMILES string of the molecule is CC(=O)O[C@@H]1[C@@H]2OC(C)(OCc3ccccc3)O[C@@H]2O[C@H](COS(C)(=O)=O)[C@H]1OC(C)=O. The highest BCUT2D eigenvalue weighted by Gasteiger charge is 2.59. The highest BCUT2D eigenvalue weighted by molar-refractivity contribution is 7.85. The van der Waals surface area contributed by atoms with Gasteiger partial charge in [-0.2, -0.15) is 8.42 Å². The fourth-order valence-electron chi connectivity index (χ4n) is 3.43. The molecule has 2 fully saturated rings. The van der Waals surface area contributed by atoms with Gasteiger partial charge >= 0.3 is 11.9 Å². The van der Waals surface area contributed by atoms with Crippen LogP contribution in [-0.2, 0) is 58.9 Å². The molecule has 2 saturated heterocycles. The maximum Gasteiger partial charge on any atom is 0.303 e. The Morgan fingerprint density at radius 2 is 1.66 bits per heavy atom. The van der Waals surface area contributed by atoms with Crippen molar-refractivity contribution in [1.82, 2.24) is 0 Å². The monoisotopic (exact) mass is 474 g/mol. The summed E-state index contributed by atoms with van der Waals surface area (Å²) in [5.41, 5.74) is 0.866. The third kappa shape index (κ3) is 6.47. The minimum atomic E-state index is -3.83. The molecule has 1 aromatic carbocycles. The molecule has 0 spiro atoms. The first-order valence-corrected chi connectivity index (χ1v) is 11.7. The van der Waals surface area contributed by atoms with Gasteiger partial charge < -0.3 is 23.7 Å². The van der Waals surface area contributed by atoms with E-state index in [1.807, 2.05) is 30.3 Å². The number of hydrogen-bond donors (Lipinski definition) is 0. The maximum absolute atomic E-state index is 11.8. The minimum Gasteiger partial charge on any atom is -0.456 e. The molecule has 1 unspecified atom stereocenters. The van der Waals surface area contributed by atoms with Crippen LogP contribution in [0.5, 0.6) is 0 Å². The molecule has 0 bridgehead atoms. The molecule has 11 nitrogen and oxygen atoms in total. The van der Waals surface area contributed by atoms with Gasteiger partial charge in [0.2, 0.25) is 0 Å². The Morgan fingerprint density at radius 1 is 1.03 bits per heavy atom. The van der Waals surface area contributed by atoms with Crippen LogP contribution in [0.25, 0.3) is 0 Å². The topological polar surface area (TPSA) is 133 Å². The first kappa shape index (κ1) is 24.6. The van der Waals surface area contributed by atoms with Gasteiger partial charge in [-0.3, -0.25) is 18.5 Å². The van der Waals surface area contributed by atoms with Crippen molar-refractivity contribution < 1.29 is 50.6 Å². The Labute approximate surface area is 185 Å². The minimum absolute atomic E-state index is 0.156. The summed E-state index contributed by atoms with van der Waals surface area (Å²) in [4.78, 5) is 23.5. The Hall–Kier alpha value is -2.09. The van der Waals surface area contributed by atoms with Crippen LogP contribution in [0.1, 0.15) is 26.3 Å². The largest absolute Gasteiger partial charge is 0.456 e. The van der Waals surface area contributed by atoms with Gasteiger partial charge in [0.15, 0.2) is 24.6 Å². The van der Waals surface area contributed by atoms with Crippen molar-refractivity contribution in [3.8, 4) is 0 Å². The van der Waals surface area contributed by atoms with Crippen LogP contribution in [0.3, 0.4) is 0 Å². The molecule has 32 heavy (non-hydrogen) atoms. The van der Waals surface area contributed by atoms with Crippen molar-refractivity contribution in [1.29, 1.82) is 0 Å². The molecule has 2 heterocycles. The predicted octanol–water partition coefficient (Wildman–Crippen LogP) is 0.857. The highest BCUT2D eigenvalue weighted by atomic mass is 32.2. The van der Waals surface area contributed by atoms with Crippen molar-refractivity contribution >= 4 is 22.1 Å². The zero-order valence-corrected chi connectivity index (χ0v) is 18.9. The van der Waals surface area contributed by atoms with Crippen LogP contribution in [0.15, 0.2) is 30.3 Å². The van der Waals surface area contributed by atoms with E-state index in [1.165, 1.54) is 13.8 Å². The number of esters is 2. The standard InChI is InChI=1S/C20H26O11S/c1-12(21)27-16-15(11-26-32(4,23)24)29-19-18(17(16)28-13(2)22)30-20(3,31-19)25-10-14-8-6-5-7-9-14/h5-9,15-19H,10-11H2,1-4H3/t15-,16-,17+,18+,19+,20?/m1/s1. The van der Waals surface area contributed by atoms with Crippen LogP contribution in [0, 0.1) is 0 Å². The summed E-state index contributed by atoms with van der Waals surface area (Å²) in [6.07, 6.45) is -4.75. The van der Waals surface area contributed by atoms with Crippen LogP contribution >= 0.6 is 0 Å². The van der Waals surface area contributed by atoms with Gasteiger partial charge in [0.1, 0.15) is 6.10 Å². The van der Waals surface area contributed by atoms with E-state index in [4.69, 9.17) is 32.6 Å². The van der Waals surface area contributed by atoms with E-state index >= 15 is 0 Å². The number of fused-ring (bicyclic) bond motifs is 1. The molecule has 3 rings (SSSR count). The Balaban J connectivity index is 1.82. The molecule has 0 aromatic heterocycles. The van der Waals surface area contributed by atoms with E-state index in [1.54, 1.807) is 0 Å². The molecule has 0 aliphatic carbocycles. The summed E-state index contributed by atoms with van der Waals surface area (Å²) in [5.74, 6) is -2.93. The van der Waals surface area contributed by atoms with Crippen molar-refractivity contribution in [3.05, 3.63) is 35.9 Å². The number of ether oxygens (including phenoxy) is 6. The Morgan fingerprint density at radius 3 is 2.25 bits per heavy atom. The van der Waals surface area contributed by atoms with Crippen molar-refractivity contribution in [2.24, 2.45) is 0 Å². The third-order valence-electron chi connectivity index (χ3n) is 4.67. The van der Waals surface area contributed by atoms with Gasteiger partial charge in [-0.25, -0.2) is 0 Å². The average Bonchev–Trinajstić information content (AvgIpc) is 3.03. The van der Waals surface area contributed by atoms with E-state index in [-0.39, 0.29) is 6.61 Å². The molecule has 1 aromatic rings. The smallest absolute Gasteiger partial charge is 0.303 e. The molecule has 12 heteroatoms. The predicted molar refractivity (Wildman–Crippen MR) is 106 cm³/mol. The van der Waals surface area contributed by atoms with E-state index < -0.39 is 65.3 Å². The van der Waals surface area contributed by atoms with E-state index in [9.17, 15) is 18.0 Å². The lowest BCUT2D eigenvalue weighted by atomic mass is 9.98. The van der Waals surface area contributed by atoms with Crippen LogP contribution in [0.2, 0.25) is 0 Å². The fourth-order valence-corrected chi connectivity index (χ4v) is 3.81. The quantitative estimate of drug-likeness (QED) is 0.392. The first-order valence-electron chi connectivity index (χ1n) is 9.83. The lowest BCUT2D eigenvalue weighted by Gasteiger charge is -2.40. The lowest BCUT2D eigenvalue weighted by molar-refractivity contribution is -0.348. The average molecular weight is 474 g/mol. The second kappa shape index (κ2) is 9.81. The second-order valence-corrected chi connectivity index (χ2v) is 9.16. The summed E-state index contributed by atoms with van der Waals surface area (Å²) in [7, 11) is -3.83. The summed E-state index contributed by atoms with van der Waals surface area (Å²) in [6, 6.07) is 9.30. The molecule has 0 N–H and O–H groups in total. The number of rotatable bonds is 8. The summed E-state index contributed by atoms with van der Waals surface area (Å²) in [6.45, 7) is 3.51. The molecule has 0 saturated carbocycles. The maximum atomic E-state index is 11.8. The molecule has 0 amide bonds. The number of carbonyl (C=O) groups excluding carboxylic acids is 2. The van der Waals surface area contributed by atoms with Gasteiger partial charge in [0, 0.05) is 20.8 Å². The zero-order chi connectivity index (χ0) is 23.5. The van der Waals surface area contributed by atoms with Gasteiger partial charge in [-0.1, -0.05) is 30.3 Å². The van der Waals surface area contributed by atoms with E-state index in [2.05, 4.69) is 0 Å². The van der Waals surface area contributed by atoms with E-state index in [0.29, 0.717) is 0 Å². The molecule has 0 radical (unpaired) electrons. The third-order valence-corrected chi connectivity index (χ3v) is 5.23. The molecule has 2 aliphatic heterocycles. The second-order valence-electron chi connectivity index (χ2n) is 7.52. The fraction of sp³-hybridized carbons (Fsp3) is 0.600. The van der Waals surface area contributed by atoms with Crippen molar-refractivity contribution in [2.45, 2.75) is 64.1 Å². The summed E-state index contributed by atoms with van der Waals surface area (Å²) >= 11 is 0. The summed E-state index contributed by atoms with van der Waals surface area (Å²) < 4.78 is 61.7.